The van der Waals surface area contributed by atoms with Crippen molar-refractivity contribution in [2.24, 2.45) is 0 Å². The number of hydrogen-bond donors (Lipinski definition) is 0. The van der Waals surface area contributed by atoms with Crippen LogP contribution >= 0.6 is 11.6 Å². The molecule has 1 aromatic heterocycles. The fourth-order valence-electron chi connectivity index (χ4n) is 3.54. The third-order valence-electron chi connectivity index (χ3n) is 5.14. The number of rotatable bonds is 5. The summed E-state index contributed by atoms with van der Waals surface area (Å²) in [5, 5.41) is 0.706. The van der Waals surface area contributed by atoms with Gasteiger partial charge in [-0.05, 0) is 55.0 Å². The van der Waals surface area contributed by atoms with Crippen molar-refractivity contribution < 1.29 is 13.4 Å². The Bertz CT molecular complexity index is 1070. The molecule has 4 rings (SSSR count). The number of piperazine rings is 1. The van der Waals surface area contributed by atoms with Crippen molar-refractivity contribution in [3.8, 4) is 0 Å². The van der Waals surface area contributed by atoms with Crippen molar-refractivity contribution in [2.45, 2.75) is 17.6 Å². The number of furan rings is 1. The molecule has 1 amide bonds. The van der Waals surface area contributed by atoms with Gasteiger partial charge in [-0.15, -0.1) is 0 Å². The van der Waals surface area contributed by atoms with Crippen LogP contribution in [-0.2, 0) is 16.6 Å². The lowest BCUT2D eigenvalue weighted by molar-refractivity contribution is 0.0713. The smallest absolute Gasteiger partial charge is 0.289 e. The molecule has 0 unspecified atom stereocenters. The van der Waals surface area contributed by atoms with Gasteiger partial charge in [0.05, 0.1) is 16.6 Å². The maximum absolute atomic E-state index is 12.8. The Morgan fingerprint density at radius 1 is 1.03 bits per heavy atom. The van der Waals surface area contributed by atoms with E-state index in [1.54, 1.807) is 17.0 Å². The van der Waals surface area contributed by atoms with E-state index in [9.17, 15) is 9.00 Å². The van der Waals surface area contributed by atoms with Gasteiger partial charge in [0.15, 0.2) is 5.76 Å². The first-order chi connectivity index (χ1) is 14.5. The van der Waals surface area contributed by atoms with Gasteiger partial charge in [-0.25, -0.2) is 0 Å². The zero-order valence-electron chi connectivity index (χ0n) is 16.7. The van der Waals surface area contributed by atoms with Crippen molar-refractivity contribution in [2.75, 3.05) is 31.1 Å². The largest absolute Gasteiger partial charge is 0.455 e. The highest BCUT2D eigenvalue weighted by Gasteiger charge is 2.24. The number of carbonyl (C=O) groups excluding carboxylic acids is 1. The van der Waals surface area contributed by atoms with Gasteiger partial charge in [0.25, 0.3) is 5.91 Å². The Kier molecular flexibility index (Phi) is 6.25. The van der Waals surface area contributed by atoms with Crippen LogP contribution in [0.25, 0.3) is 0 Å². The highest BCUT2D eigenvalue weighted by molar-refractivity contribution is 7.84. The van der Waals surface area contributed by atoms with Crippen LogP contribution in [0.1, 0.15) is 21.9 Å². The number of anilines is 1. The molecule has 0 N–H and O–H groups in total. The van der Waals surface area contributed by atoms with E-state index in [0.29, 0.717) is 29.6 Å². The molecule has 1 aliphatic rings. The monoisotopic (exact) mass is 442 g/mol. The first-order valence-electron chi connectivity index (χ1n) is 9.83. The molecule has 1 atom stereocenters. The zero-order valence-corrected chi connectivity index (χ0v) is 18.3. The molecule has 0 aliphatic carbocycles. The number of amides is 1. The predicted molar refractivity (Wildman–Crippen MR) is 120 cm³/mol. The van der Waals surface area contributed by atoms with Gasteiger partial charge in [0, 0.05) is 41.8 Å². The molecular weight excluding hydrogens is 420 g/mol. The molecule has 7 heteroatoms. The summed E-state index contributed by atoms with van der Waals surface area (Å²) in [5.41, 5.74) is 2.13. The molecule has 1 saturated heterocycles. The summed E-state index contributed by atoms with van der Waals surface area (Å²) in [7, 11) is -1.21. The van der Waals surface area contributed by atoms with Crippen LogP contribution in [0.5, 0.6) is 0 Å². The fourth-order valence-corrected chi connectivity index (χ4v) is 4.85. The lowest BCUT2D eigenvalue weighted by atomic mass is 10.2. The van der Waals surface area contributed by atoms with Crippen molar-refractivity contribution in [3.05, 3.63) is 82.8 Å². The third kappa shape index (κ3) is 4.77. The van der Waals surface area contributed by atoms with E-state index in [0.717, 1.165) is 29.2 Å². The normalized spacial score (nSPS) is 15.3. The minimum atomic E-state index is -1.21. The maximum atomic E-state index is 12.8. The van der Waals surface area contributed by atoms with Crippen molar-refractivity contribution >= 4 is 34.0 Å². The first-order valence-corrected chi connectivity index (χ1v) is 11.5. The summed E-state index contributed by atoms with van der Waals surface area (Å²) in [6, 6.07) is 18.8. The van der Waals surface area contributed by atoms with Gasteiger partial charge in [-0.2, -0.15) is 0 Å². The summed E-state index contributed by atoms with van der Waals surface area (Å²) in [6.45, 7) is 4.65. The van der Waals surface area contributed by atoms with Crippen LogP contribution in [0.2, 0.25) is 5.02 Å². The number of halogens is 1. The second-order valence-corrected chi connectivity index (χ2v) is 9.22. The molecule has 0 saturated carbocycles. The van der Waals surface area contributed by atoms with Gasteiger partial charge in [-0.1, -0.05) is 29.8 Å². The average molecular weight is 443 g/mol. The van der Waals surface area contributed by atoms with Gasteiger partial charge in [0.1, 0.15) is 5.76 Å². The molecule has 0 bridgehead atoms. The highest BCUT2D eigenvalue weighted by atomic mass is 35.5. The summed E-state index contributed by atoms with van der Waals surface area (Å²) >= 11 is 6.08. The Morgan fingerprint density at radius 3 is 2.53 bits per heavy atom. The number of nitrogens with zero attached hydrogens (tertiary/aromatic N) is 2. The summed E-state index contributed by atoms with van der Waals surface area (Å²) in [4.78, 5) is 17.6. The SMILES string of the molecule is Cc1cccc([S@](=O)Cc2ccc(C(=O)N3CCN(c4cccc(Cl)c4)CC3)o2)c1. The van der Waals surface area contributed by atoms with Gasteiger partial charge in [0.2, 0.25) is 0 Å². The third-order valence-corrected chi connectivity index (χ3v) is 6.70. The highest BCUT2D eigenvalue weighted by Crippen LogP contribution is 2.22. The number of hydrogen-bond acceptors (Lipinski definition) is 4. The van der Waals surface area contributed by atoms with Crippen LogP contribution in [0.4, 0.5) is 5.69 Å². The van der Waals surface area contributed by atoms with Gasteiger partial charge >= 0.3 is 0 Å². The lowest BCUT2D eigenvalue weighted by Gasteiger charge is -2.35. The van der Waals surface area contributed by atoms with Crippen molar-refractivity contribution in [1.29, 1.82) is 0 Å². The minimum absolute atomic E-state index is 0.131. The quantitative estimate of drug-likeness (QED) is 0.583. The van der Waals surface area contributed by atoms with E-state index in [1.165, 1.54) is 0 Å². The molecule has 1 aliphatic heterocycles. The van der Waals surface area contributed by atoms with Crippen LogP contribution in [-0.4, -0.2) is 41.2 Å². The van der Waals surface area contributed by atoms with Crippen LogP contribution in [0.3, 0.4) is 0 Å². The van der Waals surface area contributed by atoms with Gasteiger partial charge in [-0.3, -0.25) is 9.00 Å². The number of aryl methyl sites for hydroxylation is 1. The topological polar surface area (TPSA) is 53.8 Å². The molecule has 30 heavy (non-hydrogen) atoms. The summed E-state index contributed by atoms with van der Waals surface area (Å²) in [5.74, 6) is 0.964. The zero-order chi connectivity index (χ0) is 21.1. The van der Waals surface area contributed by atoms with Crippen LogP contribution < -0.4 is 4.90 Å². The standard InChI is InChI=1S/C23H23ClN2O3S/c1-17-4-2-7-21(14-17)30(28)16-20-8-9-22(29-20)23(27)26-12-10-25(11-13-26)19-6-3-5-18(24)15-19/h2-9,14-15H,10-13,16H2,1H3/t30-/m1/s1. The summed E-state index contributed by atoms with van der Waals surface area (Å²) < 4.78 is 18.3. The Hall–Kier alpha value is -2.57. The molecule has 5 nitrogen and oxygen atoms in total. The first kappa shape index (κ1) is 20.7. The van der Waals surface area contributed by atoms with E-state index in [1.807, 2.05) is 55.5 Å². The summed E-state index contributed by atoms with van der Waals surface area (Å²) in [6.07, 6.45) is 0. The van der Waals surface area contributed by atoms with E-state index < -0.39 is 10.8 Å². The minimum Gasteiger partial charge on any atom is -0.455 e. The molecule has 0 spiro atoms. The van der Waals surface area contributed by atoms with E-state index in [2.05, 4.69) is 4.90 Å². The van der Waals surface area contributed by atoms with Gasteiger partial charge < -0.3 is 14.2 Å². The molecule has 156 valence electrons. The van der Waals surface area contributed by atoms with E-state index in [4.69, 9.17) is 16.0 Å². The van der Waals surface area contributed by atoms with E-state index in [-0.39, 0.29) is 11.7 Å². The Morgan fingerprint density at radius 2 is 1.80 bits per heavy atom. The van der Waals surface area contributed by atoms with Crippen LogP contribution in [0, 0.1) is 6.92 Å². The van der Waals surface area contributed by atoms with Crippen molar-refractivity contribution in [3.63, 3.8) is 0 Å². The fraction of sp³-hybridized carbons (Fsp3) is 0.261. The lowest BCUT2D eigenvalue weighted by Crippen LogP contribution is -2.48. The molecule has 1 fully saturated rings. The maximum Gasteiger partial charge on any atom is 0.289 e. The molecule has 3 aromatic rings. The molecular formula is C23H23ClN2O3S. The number of carbonyl (C=O) groups is 1. The second kappa shape index (κ2) is 9.06. The molecule has 2 heterocycles. The predicted octanol–water partition coefficient (Wildman–Crippen LogP) is 4.51. The average Bonchev–Trinajstić information content (AvgIpc) is 3.22. The molecule has 2 aromatic carbocycles. The second-order valence-electron chi connectivity index (χ2n) is 7.33. The Balaban J connectivity index is 1.36. The van der Waals surface area contributed by atoms with Crippen LogP contribution in [0.15, 0.2) is 70.0 Å². The number of benzene rings is 2. The van der Waals surface area contributed by atoms with E-state index >= 15 is 0 Å². The molecule has 0 radical (unpaired) electrons. The Labute approximate surface area is 183 Å². The van der Waals surface area contributed by atoms with Crippen molar-refractivity contribution in [1.82, 2.24) is 4.90 Å².